The van der Waals surface area contributed by atoms with E-state index >= 15 is 0 Å². The molecule has 112 valence electrons. The third-order valence-corrected chi connectivity index (χ3v) is 5.70. The fourth-order valence-corrected chi connectivity index (χ4v) is 3.08. The van der Waals surface area contributed by atoms with Crippen molar-refractivity contribution in [2.75, 3.05) is 26.8 Å². The molecular weight excluding hydrogens is 349 g/mol. The zero-order chi connectivity index (χ0) is 14.8. The average Bonchev–Trinajstić information content (AvgIpc) is 3.21. The maximum atomic E-state index is 13.4. The van der Waals surface area contributed by atoms with E-state index in [9.17, 15) is 12.8 Å². The molecule has 4 nitrogen and oxygen atoms in total. The van der Waals surface area contributed by atoms with Crippen molar-refractivity contribution in [1.82, 2.24) is 4.31 Å². The Bertz CT molecular complexity index is 575. The average molecular weight is 366 g/mol. The van der Waals surface area contributed by atoms with Crippen LogP contribution in [0.1, 0.15) is 12.8 Å². The van der Waals surface area contributed by atoms with Gasteiger partial charge in [0.2, 0.25) is 10.0 Å². The van der Waals surface area contributed by atoms with Gasteiger partial charge in [0.25, 0.3) is 0 Å². The van der Waals surface area contributed by atoms with Crippen LogP contribution in [0.3, 0.4) is 0 Å². The van der Waals surface area contributed by atoms with Gasteiger partial charge in [-0.15, -0.1) is 0 Å². The molecule has 1 fully saturated rings. The van der Waals surface area contributed by atoms with Crippen LogP contribution in [0.15, 0.2) is 27.6 Å². The Kier molecular flexibility index (Phi) is 5.17. The van der Waals surface area contributed by atoms with Crippen molar-refractivity contribution in [2.45, 2.75) is 17.7 Å². The number of rotatable bonds is 7. The second-order valence-electron chi connectivity index (χ2n) is 4.92. The van der Waals surface area contributed by atoms with E-state index in [2.05, 4.69) is 15.9 Å². The summed E-state index contributed by atoms with van der Waals surface area (Å²) in [5.74, 6) is 0.0574. The first-order chi connectivity index (χ1) is 9.41. The first-order valence-corrected chi connectivity index (χ1v) is 8.63. The molecule has 1 aromatic rings. The molecule has 0 radical (unpaired) electrons. The van der Waals surface area contributed by atoms with Crippen molar-refractivity contribution >= 4 is 26.0 Å². The summed E-state index contributed by atoms with van der Waals surface area (Å²) in [5.41, 5.74) is 0. The Labute approximate surface area is 127 Å². The Balaban J connectivity index is 1.94. The molecule has 0 aromatic heterocycles. The highest BCUT2D eigenvalue weighted by atomic mass is 79.9. The van der Waals surface area contributed by atoms with Crippen LogP contribution in [-0.4, -0.2) is 39.5 Å². The lowest BCUT2D eigenvalue weighted by molar-refractivity contribution is 0.117. The third kappa shape index (κ3) is 4.00. The molecule has 0 spiro atoms. The summed E-state index contributed by atoms with van der Waals surface area (Å²) in [6, 6.07) is 3.78. The summed E-state index contributed by atoms with van der Waals surface area (Å²) < 4.78 is 44.7. The number of benzene rings is 1. The van der Waals surface area contributed by atoms with Gasteiger partial charge in [0, 0.05) is 20.2 Å². The van der Waals surface area contributed by atoms with E-state index in [0.717, 1.165) is 6.07 Å². The Morgan fingerprint density at radius 2 is 2.15 bits per heavy atom. The summed E-state index contributed by atoms with van der Waals surface area (Å²) in [6.07, 6.45) is 2.40. The molecule has 20 heavy (non-hydrogen) atoms. The summed E-state index contributed by atoms with van der Waals surface area (Å²) in [7, 11) is -2.20. The number of hydrogen-bond donors (Lipinski definition) is 0. The normalized spacial score (nSPS) is 15.8. The molecule has 1 aliphatic rings. The highest BCUT2D eigenvalue weighted by Crippen LogP contribution is 2.28. The molecule has 0 amide bonds. The van der Waals surface area contributed by atoms with Crippen LogP contribution in [0.4, 0.5) is 4.39 Å². The van der Waals surface area contributed by atoms with E-state index in [4.69, 9.17) is 4.74 Å². The molecule has 0 heterocycles. The van der Waals surface area contributed by atoms with Crippen molar-refractivity contribution in [3.05, 3.63) is 28.5 Å². The first kappa shape index (κ1) is 15.9. The van der Waals surface area contributed by atoms with Crippen molar-refractivity contribution < 1.29 is 17.5 Å². The molecular formula is C13H17BrFNO3S. The van der Waals surface area contributed by atoms with Gasteiger partial charge in [-0.1, -0.05) is 0 Å². The zero-order valence-electron chi connectivity index (χ0n) is 11.2. The molecule has 1 aliphatic carbocycles. The molecule has 1 saturated carbocycles. The molecule has 0 unspecified atom stereocenters. The minimum Gasteiger partial charge on any atom is -0.380 e. The van der Waals surface area contributed by atoms with Gasteiger partial charge in [0.05, 0.1) is 16.0 Å². The summed E-state index contributed by atoms with van der Waals surface area (Å²) in [4.78, 5) is -0.0529. The largest absolute Gasteiger partial charge is 0.380 e. The van der Waals surface area contributed by atoms with Crippen LogP contribution < -0.4 is 0 Å². The van der Waals surface area contributed by atoms with E-state index in [1.54, 1.807) is 0 Å². The second kappa shape index (κ2) is 6.51. The molecule has 0 saturated heterocycles. The van der Waals surface area contributed by atoms with Crippen molar-refractivity contribution in [3.8, 4) is 0 Å². The topological polar surface area (TPSA) is 46.6 Å². The number of nitrogens with zero attached hydrogens (tertiary/aromatic N) is 1. The zero-order valence-corrected chi connectivity index (χ0v) is 13.6. The highest BCUT2D eigenvalue weighted by molar-refractivity contribution is 9.10. The molecule has 1 aromatic carbocycles. The van der Waals surface area contributed by atoms with E-state index in [-0.39, 0.29) is 15.9 Å². The predicted molar refractivity (Wildman–Crippen MR) is 77.5 cm³/mol. The number of ether oxygens (including phenoxy) is 1. The highest BCUT2D eigenvalue weighted by Gasteiger charge is 2.23. The van der Waals surface area contributed by atoms with Crippen LogP contribution in [0.25, 0.3) is 0 Å². The third-order valence-electron chi connectivity index (χ3n) is 3.20. The number of halogens is 2. The summed E-state index contributed by atoms with van der Waals surface area (Å²) in [5, 5.41) is 0. The van der Waals surface area contributed by atoms with E-state index in [1.807, 2.05) is 0 Å². The predicted octanol–water partition coefficient (Wildman–Crippen LogP) is 2.64. The monoisotopic (exact) mass is 365 g/mol. The maximum Gasteiger partial charge on any atom is 0.242 e. The molecule has 0 N–H and O–H groups in total. The SMILES string of the molecule is CN(CCOCC1CC1)S(=O)(=O)c1ccc(Br)c(F)c1. The maximum absolute atomic E-state index is 13.4. The van der Waals surface area contributed by atoms with Crippen molar-refractivity contribution in [3.63, 3.8) is 0 Å². The number of sulfonamides is 1. The van der Waals surface area contributed by atoms with E-state index in [1.165, 1.54) is 36.3 Å². The lowest BCUT2D eigenvalue weighted by atomic mass is 10.3. The van der Waals surface area contributed by atoms with Gasteiger partial charge in [-0.25, -0.2) is 12.8 Å². The minimum absolute atomic E-state index is 0.0529. The smallest absolute Gasteiger partial charge is 0.242 e. The van der Waals surface area contributed by atoms with Crippen molar-refractivity contribution in [1.29, 1.82) is 0 Å². The van der Waals surface area contributed by atoms with E-state index in [0.29, 0.717) is 19.1 Å². The second-order valence-corrected chi connectivity index (χ2v) is 7.82. The van der Waals surface area contributed by atoms with Gasteiger partial charge in [-0.2, -0.15) is 4.31 Å². The molecule has 0 atom stereocenters. The van der Waals surface area contributed by atoms with Crippen LogP contribution in [0.2, 0.25) is 0 Å². The Hall–Kier alpha value is -0.500. The quantitative estimate of drug-likeness (QED) is 0.697. The standard InChI is InChI=1S/C13H17BrFNO3S/c1-16(6-7-19-9-10-2-3-10)20(17,18)11-4-5-12(14)13(15)8-11/h4-5,8,10H,2-3,6-7,9H2,1H3. The van der Waals surface area contributed by atoms with Gasteiger partial charge in [-0.3, -0.25) is 0 Å². The van der Waals surface area contributed by atoms with Crippen molar-refractivity contribution in [2.24, 2.45) is 5.92 Å². The van der Waals surface area contributed by atoms with Gasteiger partial charge >= 0.3 is 0 Å². The molecule has 0 bridgehead atoms. The number of likely N-dealkylation sites (N-methyl/N-ethyl adjacent to an activating group) is 1. The van der Waals surface area contributed by atoms with Crippen LogP contribution in [0, 0.1) is 11.7 Å². The molecule has 0 aliphatic heterocycles. The fourth-order valence-electron chi connectivity index (χ4n) is 1.67. The fraction of sp³-hybridized carbons (Fsp3) is 0.538. The minimum atomic E-state index is -3.67. The summed E-state index contributed by atoms with van der Waals surface area (Å²) >= 11 is 3.00. The van der Waals surface area contributed by atoms with Gasteiger partial charge in [0.15, 0.2) is 0 Å². The lowest BCUT2D eigenvalue weighted by Gasteiger charge is -2.17. The Morgan fingerprint density at radius 3 is 2.75 bits per heavy atom. The van der Waals surface area contributed by atoms with Crippen LogP contribution >= 0.6 is 15.9 Å². The molecule has 2 rings (SSSR count). The molecule has 7 heteroatoms. The summed E-state index contributed by atoms with van der Waals surface area (Å²) in [6.45, 7) is 1.30. The van der Waals surface area contributed by atoms with Crippen LogP contribution in [-0.2, 0) is 14.8 Å². The number of hydrogen-bond acceptors (Lipinski definition) is 3. The van der Waals surface area contributed by atoms with Gasteiger partial charge < -0.3 is 4.74 Å². The lowest BCUT2D eigenvalue weighted by Crippen LogP contribution is -2.30. The van der Waals surface area contributed by atoms with Gasteiger partial charge in [-0.05, 0) is 52.9 Å². The Morgan fingerprint density at radius 1 is 1.45 bits per heavy atom. The van der Waals surface area contributed by atoms with Crippen LogP contribution in [0.5, 0.6) is 0 Å². The van der Waals surface area contributed by atoms with Gasteiger partial charge in [0.1, 0.15) is 5.82 Å². The first-order valence-electron chi connectivity index (χ1n) is 6.40. The van der Waals surface area contributed by atoms with E-state index < -0.39 is 15.8 Å².